The number of rotatable bonds is 4. The molecule has 0 amide bonds. The maximum Gasteiger partial charge on any atom is 0.258 e. The summed E-state index contributed by atoms with van der Waals surface area (Å²) < 4.78 is 1.55. The zero-order chi connectivity index (χ0) is 14.0. The van der Waals surface area contributed by atoms with Gasteiger partial charge < -0.3 is 5.11 Å². The average molecular weight is 261 g/mol. The summed E-state index contributed by atoms with van der Waals surface area (Å²) >= 11 is 0. The summed E-state index contributed by atoms with van der Waals surface area (Å²) in [7, 11) is 1.90. The van der Waals surface area contributed by atoms with Crippen LogP contribution >= 0.6 is 0 Å². The first-order chi connectivity index (χ1) is 9.02. The quantitative estimate of drug-likeness (QED) is 0.885. The van der Waals surface area contributed by atoms with E-state index in [1.165, 1.54) is 0 Å². The van der Waals surface area contributed by atoms with Gasteiger partial charge in [0.25, 0.3) is 5.56 Å². The first kappa shape index (κ1) is 13.7. The molecule has 2 aromatic heterocycles. The summed E-state index contributed by atoms with van der Waals surface area (Å²) in [5.74, 6) is 0. The molecular formula is C14H19N3O2. The van der Waals surface area contributed by atoms with Crippen LogP contribution in [0.15, 0.2) is 29.2 Å². The van der Waals surface area contributed by atoms with Crippen LogP contribution in [0.1, 0.15) is 18.2 Å². The van der Waals surface area contributed by atoms with Crippen molar-refractivity contribution in [2.45, 2.75) is 26.4 Å². The first-order valence-electron chi connectivity index (χ1n) is 6.32. The van der Waals surface area contributed by atoms with Crippen molar-refractivity contribution in [2.24, 2.45) is 0 Å². The molecule has 102 valence electrons. The van der Waals surface area contributed by atoms with Crippen LogP contribution in [0.25, 0.3) is 5.65 Å². The highest BCUT2D eigenvalue weighted by molar-refractivity contribution is 5.46. The fraction of sp³-hybridized carbons (Fsp3) is 0.429. The minimum atomic E-state index is -0.0752. The van der Waals surface area contributed by atoms with E-state index < -0.39 is 0 Å². The van der Waals surface area contributed by atoms with Gasteiger partial charge in [0.1, 0.15) is 5.65 Å². The molecule has 0 spiro atoms. The molecule has 2 heterocycles. The Balaban J connectivity index is 2.41. The molecule has 0 aliphatic heterocycles. The van der Waals surface area contributed by atoms with E-state index in [2.05, 4.69) is 4.98 Å². The molecule has 0 saturated heterocycles. The van der Waals surface area contributed by atoms with Crippen molar-refractivity contribution in [2.75, 3.05) is 13.7 Å². The van der Waals surface area contributed by atoms with Crippen molar-refractivity contribution in [1.82, 2.24) is 14.3 Å². The lowest BCUT2D eigenvalue weighted by Gasteiger charge is -2.22. The lowest BCUT2D eigenvalue weighted by Crippen LogP contribution is -2.32. The molecule has 0 aliphatic rings. The Morgan fingerprint density at radius 2 is 2.26 bits per heavy atom. The van der Waals surface area contributed by atoms with E-state index in [0.717, 1.165) is 11.3 Å². The molecule has 0 bridgehead atoms. The summed E-state index contributed by atoms with van der Waals surface area (Å²) in [5.41, 5.74) is 2.31. The molecule has 19 heavy (non-hydrogen) atoms. The summed E-state index contributed by atoms with van der Waals surface area (Å²) in [6.45, 7) is 4.49. The Morgan fingerprint density at radius 1 is 1.53 bits per heavy atom. The van der Waals surface area contributed by atoms with E-state index in [4.69, 9.17) is 5.11 Å². The summed E-state index contributed by atoms with van der Waals surface area (Å²) in [4.78, 5) is 18.5. The minimum Gasteiger partial charge on any atom is -0.395 e. The van der Waals surface area contributed by atoms with Crippen LogP contribution in [0.5, 0.6) is 0 Å². The molecule has 0 fully saturated rings. The van der Waals surface area contributed by atoms with Gasteiger partial charge in [0, 0.05) is 24.8 Å². The van der Waals surface area contributed by atoms with Crippen molar-refractivity contribution in [3.63, 3.8) is 0 Å². The number of pyridine rings is 1. The van der Waals surface area contributed by atoms with E-state index >= 15 is 0 Å². The van der Waals surface area contributed by atoms with E-state index in [0.29, 0.717) is 12.2 Å². The predicted molar refractivity (Wildman–Crippen MR) is 74.2 cm³/mol. The van der Waals surface area contributed by atoms with Crippen molar-refractivity contribution < 1.29 is 5.11 Å². The number of hydrogen-bond donors (Lipinski definition) is 1. The highest BCUT2D eigenvalue weighted by Gasteiger charge is 2.11. The van der Waals surface area contributed by atoms with Crippen LogP contribution in [0.4, 0.5) is 0 Å². The van der Waals surface area contributed by atoms with Gasteiger partial charge in [0.05, 0.1) is 12.3 Å². The molecule has 5 nitrogen and oxygen atoms in total. The largest absolute Gasteiger partial charge is 0.395 e. The first-order valence-corrected chi connectivity index (χ1v) is 6.32. The van der Waals surface area contributed by atoms with Crippen LogP contribution < -0.4 is 5.56 Å². The van der Waals surface area contributed by atoms with Crippen LogP contribution in [-0.4, -0.2) is 39.1 Å². The highest BCUT2D eigenvalue weighted by Crippen LogP contribution is 2.07. The van der Waals surface area contributed by atoms with E-state index in [1.807, 2.05) is 37.9 Å². The van der Waals surface area contributed by atoms with Crippen molar-refractivity contribution in [3.8, 4) is 0 Å². The third-order valence-electron chi connectivity index (χ3n) is 3.37. The molecule has 0 saturated carbocycles. The van der Waals surface area contributed by atoms with Gasteiger partial charge >= 0.3 is 0 Å². The highest BCUT2D eigenvalue weighted by atomic mass is 16.3. The van der Waals surface area contributed by atoms with Gasteiger partial charge in [-0.3, -0.25) is 14.1 Å². The average Bonchev–Trinajstić information content (AvgIpc) is 2.39. The van der Waals surface area contributed by atoms with E-state index in [1.54, 1.807) is 16.7 Å². The Bertz CT molecular complexity index is 636. The van der Waals surface area contributed by atoms with E-state index in [-0.39, 0.29) is 18.2 Å². The molecule has 1 N–H and O–H groups in total. The third-order valence-corrected chi connectivity index (χ3v) is 3.37. The van der Waals surface area contributed by atoms with Gasteiger partial charge in [-0.2, -0.15) is 0 Å². The van der Waals surface area contributed by atoms with Gasteiger partial charge in [-0.25, -0.2) is 4.98 Å². The fourth-order valence-electron chi connectivity index (χ4n) is 1.94. The summed E-state index contributed by atoms with van der Waals surface area (Å²) in [6, 6.07) is 5.36. The number of aromatic nitrogens is 2. The van der Waals surface area contributed by atoms with Gasteiger partial charge in [-0.1, -0.05) is 6.07 Å². The van der Waals surface area contributed by atoms with E-state index in [9.17, 15) is 4.79 Å². The standard InChI is InChI=1S/C14H19N3O2/c1-10-5-4-6-17-13(19)7-12(15-14(10)17)8-16(3)11(2)9-18/h4-7,11,18H,8-9H2,1-3H3. The number of aliphatic hydroxyl groups excluding tert-OH is 1. The lowest BCUT2D eigenvalue weighted by atomic mass is 10.2. The molecular weight excluding hydrogens is 242 g/mol. The monoisotopic (exact) mass is 261 g/mol. The molecule has 2 rings (SSSR count). The molecule has 0 radical (unpaired) electrons. The second kappa shape index (κ2) is 5.50. The second-order valence-electron chi connectivity index (χ2n) is 4.92. The SMILES string of the molecule is Cc1cccn2c(=O)cc(CN(C)C(C)CO)nc12. The van der Waals surface area contributed by atoms with Gasteiger partial charge in [0.2, 0.25) is 0 Å². The number of nitrogens with zero attached hydrogens (tertiary/aromatic N) is 3. The van der Waals surface area contributed by atoms with Gasteiger partial charge in [-0.15, -0.1) is 0 Å². The predicted octanol–water partition coefficient (Wildman–Crippen LogP) is 0.816. The Labute approximate surface area is 112 Å². The number of aliphatic hydroxyl groups is 1. The zero-order valence-corrected chi connectivity index (χ0v) is 11.5. The van der Waals surface area contributed by atoms with Crippen molar-refractivity contribution >= 4 is 5.65 Å². The second-order valence-corrected chi connectivity index (χ2v) is 4.92. The number of fused-ring (bicyclic) bond motifs is 1. The zero-order valence-electron chi connectivity index (χ0n) is 11.5. The topological polar surface area (TPSA) is 57.8 Å². The van der Waals surface area contributed by atoms with Gasteiger partial charge in [0.15, 0.2) is 0 Å². The Hall–Kier alpha value is -1.72. The maximum atomic E-state index is 12.0. The Morgan fingerprint density at radius 3 is 2.95 bits per heavy atom. The maximum absolute atomic E-state index is 12.0. The van der Waals surface area contributed by atoms with Gasteiger partial charge in [-0.05, 0) is 32.5 Å². The lowest BCUT2D eigenvalue weighted by molar-refractivity contribution is 0.153. The van der Waals surface area contributed by atoms with Crippen LogP contribution in [0.3, 0.4) is 0 Å². The normalized spacial score (nSPS) is 13.1. The van der Waals surface area contributed by atoms with Crippen LogP contribution in [-0.2, 0) is 6.54 Å². The minimum absolute atomic E-state index is 0.0390. The molecule has 2 aromatic rings. The summed E-state index contributed by atoms with van der Waals surface area (Å²) in [6.07, 6.45) is 1.72. The fourth-order valence-corrected chi connectivity index (χ4v) is 1.94. The molecule has 1 atom stereocenters. The van der Waals surface area contributed by atoms with Crippen LogP contribution in [0.2, 0.25) is 0 Å². The molecule has 0 aliphatic carbocycles. The Kier molecular flexibility index (Phi) is 3.97. The number of hydrogen-bond acceptors (Lipinski definition) is 4. The molecule has 0 aromatic carbocycles. The van der Waals surface area contributed by atoms with Crippen molar-refractivity contribution in [3.05, 3.63) is 46.0 Å². The third kappa shape index (κ3) is 2.83. The number of likely N-dealkylation sites (N-methyl/N-ethyl adjacent to an activating group) is 1. The molecule has 1 unspecified atom stereocenters. The summed E-state index contributed by atoms with van der Waals surface area (Å²) in [5, 5.41) is 9.13. The van der Waals surface area contributed by atoms with Crippen molar-refractivity contribution in [1.29, 1.82) is 0 Å². The number of aryl methyl sites for hydroxylation is 1. The smallest absolute Gasteiger partial charge is 0.258 e. The molecule has 5 heteroatoms. The van der Waals surface area contributed by atoms with Crippen LogP contribution in [0, 0.1) is 6.92 Å².